The number of benzene rings is 7. The Labute approximate surface area is 871 Å². The molecule has 0 radical (unpaired) electrons. The molecule has 0 unspecified atom stereocenters. The zero-order valence-electron chi connectivity index (χ0n) is 82.8. The molecular weight excluding hydrogens is 2010 g/mol. The Morgan fingerprint density at radius 2 is 0.604 bits per heavy atom. The van der Waals surface area contributed by atoms with Gasteiger partial charge >= 0.3 is 0 Å². The number of carboxylic acids is 1. The Morgan fingerprint density at radius 1 is 0.326 bits per heavy atom. The van der Waals surface area contributed by atoms with Crippen LogP contribution in [0.4, 0.5) is 4.39 Å². The molecule has 14 aliphatic rings. The zero-order chi connectivity index (χ0) is 101. The first-order chi connectivity index (χ1) is 69.6. The highest BCUT2D eigenvalue weighted by molar-refractivity contribution is 14.1. The fourth-order valence-corrected chi connectivity index (χ4v) is 22.5. The van der Waals surface area contributed by atoms with Gasteiger partial charge in [-0.3, -0.25) is 0 Å². The summed E-state index contributed by atoms with van der Waals surface area (Å²) in [6, 6.07) is 53.9. The summed E-state index contributed by atoms with van der Waals surface area (Å²) in [5, 5.41) is 33.3. The number of hydrogen-bond acceptors (Lipinski definition) is 32. The third kappa shape index (κ3) is 31.1. The van der Waals surface area contributed by atoms with Crippen LogP contribution < -0.4 is 91.9 Å². The average Bonchev–Trinajstić information content (AvgIpc) is 0.838. The molecule has 144 heavy (non-hydrogen) atoms. The third-order valence-electron chi connectivity index (χ3n) is 27.8. The number of para-hydroxylation sites is 1. The molecule has 0 bridgehead atoms. The number of halogens is 4. The summed E-state index contributed by atoms with van der Waals surface area (Å²) >= 11 is 11.9. The number of methoxy groups -OCH3 is 2. The van der Waals surface area contributed by atoms with Crippen molar-refractivity contribution >= 4 is 139 Å². The van der Waals surface area contributed by atoms with Gasteiger partial charge in [-0.25, -0.2) is 74.3 Å². The van der Waals surface area contributed by atoms with Gasteiger partial charge in [0.05, 0.1) is 20.2 Å². The van der Waals surface area contributed by atoms with E-state index in [1.54, 1.807) is 32.4 Å². The van der Waals surface area contributed by atoms with Crippen molar-refractivity contribution < 1.29 is 23.8 Å². The number of nitrogens with two attached hydrogens (primary N) is 7. The molecule has 7 fully saturated rings. The van der Waals surface area contributed by atoms with Crippen LogP contribution >= 0.6 is 50.1 Å². The van der Waals surface area contributed by atoms with Gasteiger partial charge in [-0.05, 0) is 314 Å². The number of carbonyl (C=O) groups is 1. The number of carbonyl (C=O) groups excluding carboxylic acids is 1. The molecule has 0 saturated heterocycles. The number of ether oxygens (including phenoxy) is 2. The van der Waals surface area contributed by atoms with E-state index in [2.05, 4.69) is 159 Å². The Bertz CT molecular complexity index is 5680. The van der Waals surface area contributed by atoms with Crippen molar-refractivity contribution in [2.75, 3.05) is 14.2 Å². The van der Waals surface area contributed by atoms with Crippen LogP contribution in [0.2, 0.25) is 5.02 Å². The smallest absolute Gasteiger partial charge is 0.196 e. The molecule has 36 heteroatoms. The predicted octanol–water partition coefficient (Wildman–Crippen LogP) is 16.0. The van der Waals surface area contributed by atoms with Crippen molar-refractivity contribution in [3.63, 3.8) is 0 Å². The molecule has 21 rings (SSSR count). The molecule has 7 aromatic rings. The normalized spacial score (nSPS) is 20.7. The quantitative estimate of drug-likeness (QED) is 0.0377. The second kappa shape index (κ2) is 49.9. The van der Waals surface area contributed by atoms with E-state index < -0.39 is 11.6 Å². The average molecular weight is 2150 g/mol. The highest BCUT2D eigenvalue weighted by Gasteiger charge is 2.42. The van der Waals surface area contributed by atoms with Crippen LogP contribution in [-0.4, -0.2) is 142 Å². The lowest BCUT2D eigenvalue weighted by molar-refractivity contribution is -0.255. The van der Waals surface area contributed by atoms with E-state index in [-0.39, 0.29) is 45.4 Å². The van der Waals surface area contributed by atoms with Crippen LogP contribution in [0.5, 0.6) is 11.5 Å². The van der Waals surface area contributed by atoms with Crippen LogP contribution in [0, 0.1) is 9.39 Å². The molecule has 7 heterocycles. The summed E-state index contributed by atoms with van der Waals surface area (Å²) in [7, 11) is 3.37. The van der Waals surface area contributed by atoms with Crippen molar-refractivity contribution in [3.05, 3.63) is 233 Å². The second-order valence-corrected chi connectivity index (χ2v) is 42.1. The number of nitrogens with zero attached hydrogens (tertiary/aromatic N) is 14. The maximum atomic E-state index is 13.2. The molecule has 21 N–H and O–H groups in total. The summed E-state index contributed by atoms with van der Waals surface area (Å²) in [5.41, 5.74) is 47.1. The van der Waals surface area contributed by atoms with Crippen LogP contribution in [0.25, 0.3) is 0 Å². The summed E-state index contributed by atoms with van der Waals surface area (Å²) in [6.45, 7) is 0. The molecule has 7 aliphatic heterocycles. The summed E-state index contributed by atoms with van der Waals surface area (Å²) in [4.78, 5) is 76.7. The number of nitrogens with one attached hydrogen (secondary N) is 7. The van der Waals surface area contributed by atoms with Crippen molar-refractivity contribution in [2.45, 2.75) is 309 Å². The Kier molecular flexibility index (Phi) is 36.7. The summed E-state index contributed by atoms with van der Waals surface area (Å²) in [6.07, 6.45) is 43.5. The van der Waals surface area contributed by atoms with Gasteiger partial charge in [-0.15, -0.1) is 0 Å². The minimum atomic E-state index is -1.18. The molecule has 7 aliphatic carbocycles. The lowest BCUT2D eigenvalue weighted by atomic mass is 9.89. The fraction of sp³-hybridized carbons (Fsp3) is 0.472. The van der Waals surface area contributed by atoms with Gasteiger partial charge in [0, 0.05) is 63.6 Å². The van der Waals surface area contributed by atoms with Crippen LogP contribution in [0.3, 0.4) is 0 Å². The minimum absolute atomic E-state index is 0.169. The van der Waals surface area contributed by atoms with Gasteiger partial charge < -0.3 is 96.7 Å². The van der Waals surface area contributed by atoms with Gasteiger partial charge in [-0.1, -0.05) is 170 Å². The number of amidine groups is 7. The van der Waals surface area contributed by atoms with E-state index in [0.717, 1.165) is 224 Å². The first-order valence-corrected chi connectivity index (χ1v) is 53.3. The fourth-order valence-electron chi connectivity index (χ4n) is 21.3. The highest BCUT2D eigenvalue weighted by Crippen LogP contribution is 2.42. The molecular formula is C108H139BrClFIN28O4-. The molecule has 7 saturated carbocycles. The SMILES string of the molecule is COc1cccc(CC2=NC3(CCCCC3)N=C(N)N2)c1.COc1ccccc1CC1=NC2(CCCCC2)N=C(N)N1.NC1=NC2(CCCCC2)N=C(Cc2cccc(Br)c2)N1.NC1=NC2(CCCCC2)N=C(Cc2cccc(C(=O)[O-])c2)N1.NC1=NC2(CCCCC2)N=C(Cc2cccc(Cl)c2)N1.NC1=NC2(CCCCC2)N=C(Cc2cccc(F)c2)N1.NC1=NC2(CCCCC2)N=C(Cc2cccc(I)c2)N1. The number of aromatic carboxylic acids is 1. The van der Waals surface area contributed by atoms with E-state index in [0.29, 0.717) is 67.4 Å². The van der Waals surface area contributed by atoms with E-state index in [1.165, 1.54) is 142 Å². The maximum absolute atomic E-state index is 13.2. The van der Waals surface area contributed by atoms with E-state index in [1.807, 2.05) is 84.9 Å². The molecule has 7 spiro atoms. The number of guanidine groups is 7. The first-order valence-electron chi connectivity index (χ1n) is 51.1. The Hall–Kier alpha value is -12.4. The lowest BCUT2D eigenvalue weighted by Gasteiger charge is -2.34. The topological polar surface area (TPSA) is 498 Å². The Morgan fingerprint density at radius 3 is 0.917 bits per heavy atom. The first kappa shape index (κ1) is 106. The van der Waals surface area contributed by atoms with Gasteiger partial charge in [-0.2, -0.15) is 0 Å². The monoisotopic (exact) mass is 2150 g/mol. The number of hydrogen-bond donors (Lipinski definition) is 14. The number of aliphatic imine (C=N–C) groups is 14. The maximum Gasteiger partial charge on any atom is 0.196 e. The van der Waals surface area contributed by atoms with E-state index in [4.69, 9.17) is 96.2 Å². The van der Waals surface area contributed by atoms with E-state index >= 15 is 0 Å². The van der Waals surface area contributed by atoms with Crippen LogP contribution in [0.1, 0.15) is 274 Å². The van der Waals surface area contributed by atoms with Crippen LogP contribution in [-0.2, 0) is 44.9 Å². The summed E-state index contributed by atoms with van der Waals surface area (Å²) < 4.78 is 26.2. The second-order valence-electron chi connectivity index (χ2n) is 39.5. The van der Waals surface area contributed by atoms with Crippen molar-refractivity contribution in [2.24, 2.45) is 110 Å². The largest absolute Gasteiger partial charge is 0.545 e. The van der Waals surface area contributed by atoms with Gasteiger partial charge in [0.15, 0.2) is 81.4 Å². The standard InChI is InChI=1S/C16H20N4O2.2C16H22N4O.C15H19BrN4.C15H19ClN4.C15H19FN4.C15H19IN4/c17-15-18-13(19-16(20-15)7-2-1-3-8-16)10-11-5-4-6-12(9-11)14(21)22;1-21-13-8-4-3-7-12(13)11-14-18-15(17)20-16(19-14)9-5-2-6-10-16;1-21-13-7-5-6-12(10-13)11-14-18-15(17)20-16(19-14)8-3-2-4-9-16;4*16-12-6-4-5-11(9-12)10-13-18-14(17)20-15(19-13)7-2-1-3-8-15/h4-6,9H,1-3,7-8,10H2,(H,21,22)(H3,17,18,19,20);3-4,7-8H,2,5-6,9-11H2,1H3,(H3,17,18,19,20);5-7,10H,2-4,8-9,11H2,1H3,(H3,17,18,19,20);4*4-6,9H,1-3,7-8,10H2,(H3,17,18,19,20)/p-1. The van der Waals surface area contributed by atoms with Crippen molar-refractivity contribution in [1.82, 2.24) is 37.2 Å². The highest BCUT2D eigenvalue weighted by atomic mass is 127. The molecule has 32 nitrogen and oxygen atoms in total. The van der Waals surface area contributed by atoms with Gasteiger partial charge in [0.1, 0.15) is 58.2 Å². The van der Waals surface area contributed by atoms with E-state index in [9.17, 15) is 14.3 Å². The molecule has 0 aromatic heterocycles. The number of carboxylic acid groups (broad SMARTS) is 1. The van der Waals surface area contributed by atoms with Crippen LogP contribution in [0.15, 0.2) is 244 Å². The molecule has 0 atom stereocenters. The molecule has 0 amide bonds. The van der Waals surface area contributed by atoms with Gasteiger partial charge in [0.25, 0.3) is 0 Å². The Balaban J connectivity index is 0.000000126. The third-order valence-corrected chi connectivity index (χ3v) is 29.2. The van der Waals surface area contributed by atoms with Crippen molar-refractivity contribution in [1.29, 1.82) is 0 Å². The summed E-state index contributed by atoms with van der Waals surface area (Å²) in [5.74, 6) is 9.70. The number of rotatable bonds is 17. The molecule has 7 aromatic carbocycles. The zero-order valence-corrected chi connectivity index (χ0v) is 87.3. The molecule has 764 valence electrons. The van der Waals surface area contributed by atoms with Crippen molar-refractivity contribution in [3.8, 4) is 11.5 Å². The minimum Gasteiger partial charge on any atom is -0.545 e. The van der Waals surface area contributed by atoms with Gasteiger partial charge in [0.2, 0.25) is 0 Å². The predicted molar refractivity (Wildman–Crippen MR) is 590 cm³/mol. The lowest BCUT2D eigenvalue weighted by Crippen LogP contribution is -2.47.